The van der Waals surface area contributed by atoms with Crippen LogP contribution in [-0.4, -0.2) is 33.5 Å². The topological polar surface area (TPSA) is 47.3 Å². The first-order valence-corrected chi connectivity index (χ1v) is 4.87. The Hall–Kier alpha value is -0.870. The summed E-state index contributed by atoms with van der Waals surface area (Å²) in [7, 11) is 0. The summed E-state index contributed by atoms with van der Waals surface area (Å²) in [4.78, 5) is 4.08. The van der Waals surface area contributed by atoms with Crippen molar-refractivity contribution in [3.05, 3.63) is 18.2 Å². The summed E-state index contributed by atoms with van der Waals surface area (Å²) >= 11 is 0. The van der Waals surface area contributed by atoms with Gasteiger partial charge in [-0.2, -0.15) is 0 Å². The number of aliphatic hydroxyl groups is 1. The Morgan fingerprint density at radius 2 is 2.29 bits per heavy atom. The van der Waals surface area contributed by atoms with E-state index in [0.717, 1.165) is 5.82 Å². The summed E-state index contributed by atoms with van der Waals surface area (Å²) in [5.74, 6) is 0.911. The van der Waals surface area contributed by atoms with Crippen molar-refractivity contribution in [1.82, 2.24) is 9.55 Å². The molecule has 1 unspecified atom stereocenters. The first kappa shape index (κ1) is 11.2. The third-order valence-corrected chi connectivity index (χ3v) is 1.95. The zero-order chi connectivity index (χ0) is 10.6. The Kier molecular flexibility index (Phi) is 4.10. The molecule has 1 heterocycles. The summed E-state index contributed by atoms with van der Waals surface area (Å²) in [5, 5.41) is 9.62. The molecule has 0 bridgehead atoms. The highest BCUT2D eigenvalue weighted by molar-refractivity contribution is 4.88. The van der Waals surface area contributed by atoms with Gasteiger partial charge in [0.2, 0.25) is 0 Å². The van der Waals surface area contributed by atoms with E-state index >= 15 is 0 Å². The molecule has 0 amide bonds. The van der Waals surface area contributed by atoms with E-state index in [1.54, 1.807) is 6.20 Å². The van der Waals surface area contributed by atoms with Gasteiger partial charge >= 0.3 is 0 Å². The van der Waals surface area contributed by atoms with Gasteiger partial charge in [0.05, 0.1) is 25.4 Å². The van der Waals surface area contributed by atoms with Crippen LogP contribution in [0.25, 0.3) is 0 Å². The maximum absolute atomic E-state index is 9.62. The third-order valence-electron chi connectivity index (χ3n) is 1.95. The van der Waals surface area contributed by atoms with Crippen LogP contribution < -0.4 is 0 Å². The normalized spacial score (nSPS) is 13.5. The summed E-state index contributed by atoms with van der Waals surface area (Å²) in [6, 6.07) is 0. The van der Waals surface area contributed by atoms with Crippen LogP contribution in [0.15, 0.2) is 12.4 Å². The highest BCUT2D eigenvalue weighted by Gasteiger charge is 2.07. The molecule has 0 fully saturated rings. The Labute approximate surface area is 84.5 Å². The molecular formula is C10H18N2O2. The minimum atomic E-state index is -0.467. The minimum absolute atomic E-state index is 0.161. The standard InChI is InChI=1S/C10H18N2O2/c1-8(2)14-7-10(13)6-12-5-4-11-9(12)3/h4-5,8,10,13H,6-7H2,1-3H3. The molecule has 0 spiro atoms. The molecule has 0 aliphatic rings. The maximum Gasteiger partial charge on any atom is 0.105 e. The Morgan fingerprint density at radius 1 is 1.57 bits per heavy atom. The molecule has 1 atom stereocenters. The van der Waals surface area contributed by atoms with Gasteiger partial charge in [0.15, 0.2) is 0 Å². The van der Waals surface area contributed by atoms with Crippen LogP contribution in [-0.2, 0) is 11.3 Å². The van der Waals surface area contributed by atoms with Crippen molar-refractivity contribution in [2.75, 3.05) is 6.61 Å². The molecule has 1 N–H and O–H groups in total. The van der Waals surface area contributed by atoms with Crippen molar-refractivity contribution >= 4 is 0 Å². The van der Waals surface area contributed by atoms with Gasteiger partial charge in [-0.25, -0.2) is 4.98 Å². The Bertz CT molecular complexity index is 271. The minimum Gasteiger partial charge on any atom is -0.389 e. The lowest BCUT2D eigenvalue weighted by molar-refractivity contribution is -0.000906. The molecule has 14 heavy (non-hydrogen) atoms. The number of aromatic nitrogens is 2. The van der Waals surface area contributed by atoms with Crippen LogP contribution in [0.4, 0.5) is 0 Å². The smallest absolute Gasteiger partial charge is 0.105 e. The van der Waals surface area contributed by atoms with E-state index in [-0.39, 0.29) is 6.10 Å². The zero-order valence-electron chi connectivity index (χ0n) is 8.97. The van der Waals surface area contributed by atoms with Crippen molar-refractivity contribution in [2.24, 2.45) is 0 Å². The largest absolute Gasteiger partial charge is 0.389 e. The average molecular weight is 198 g/mol. The average Bonchev–Trinajstić information content (AvgIpc) is 2.49. The Morgan fingerprint density at radius 3 is 2.79 bits per heavy atom. The van der Waals surface area contributed by atoms with Crippen LogP contribution in [0.2, 0.25) is 0 Å². The third kappa shape index (κ3) is 3.47. The lowest BCUT2D eigenvalue weighted by Gasteiger charge is -2.14. The molecule has 80 valence electrons. The predicted octanol–water partition coefficient (Wildman–Crippen LogP) is 0.977. The first-order chi connectivity index (χ1) is 6.59. The van der Waals surface area contributed by atoms with Crippen LogP contribution in [0.3, 0.4) is 0 Å². The molecule has 1 rings (SSSR count). The monoisotopic (exact) mass is 198 g/mol. The molecule has 1 aromatic rings. The van der Waals surface area contributed by atoms with E-state index in [9.17, 15) is 5.11 Å². The molecule has 0 aliphatic heterocycles. The number of hydrogen-bond acceptors (Lipinski definition) is 3. The van der Waals surface area contributed by atoms with Crippen LogP contribution in [0, 0.1) is 6.92 Å². The SMILES string of the molecule is Cc1nccn1CC(O)COC(C)C. The number of imidazole rings is 1. The number of hydrogen-bond donors (Lipinski definition) is 1. The van der Waals surface area contributed by atoms with Gasteiger partial charge in [0.1, 0.15) is 5.82 Å². The predicted molar refractivity (Wildman–Crippen MR) is 54.1 cm³/mol. The van der Waals surface area contributed by atoms with Crippen LogP contribution >= 0.6 is 0 Å². The molecule has 0 aliphatic carbocycles. The lowest BCUT2D eigenvalue weighted by Crippen LogP contribution is -2.24. The fourth-order valence-corrected chi connectivity index (χ4v) is 1.18. The fraction of sp³-hybridized carbons (Fsp3) is 0.700. The van der Waals surface area contributed by atoms with Crippen LogP contribution in [0.5, 0.6) is 0 Å². The van der Waals surface area contributed by atoms with Gasteiger partial charge in [-0.05, 0) is 20.8 Å². The summed E-state index contributed by atoms with van der Waals surface area (Å²) < 4.78 is 7.22. The zero-order valence-corrected chi connectivity index (χ0v) is 8.97. The molecular weight excluding hydrogens is 180 g/mol. The first-order valence-electron chi connectivity index (χ1n) is 4.87. The second-order valence-electron chi connectivity index (χ2n) is 3.66. The van der Waals surface area contributed by atoms with E-state index in [4.69, 9.17) is 4.74 Å². The van der Waals surface area contributed by atoms with E-state index < -0.39 is 6.10 Å². The highest BCUT2D eigenvalue weighted by atomic mass is 16.5. The van der Waals surface area contributed by atoms with Gasteiger partial charge in [-0.15, -0.1) is 0 Å². The highest BCUT2D eigenvalue weighted by Crippen LogP contribution is 1.99. The number of ether oxygens (including phenoxy) is 1. The van der Waals surface area contributed by atoms with Gasteiger partial charge in [0, 0.05) is 12.4 Å². The van der Waals surface area contributed by atoms with Gasteiger partial charge in [0.25, 0.3) is 0 Å². The van der Waals surface area contributed by atoms with Crippen molar-refractivity contribution in [1.29, 1.82) is 0 Å². The molecule has 4 heteroatoms. The fourth-order valence-electron chi connectivity index (χ4n) is 1.18. The van der Waals surface area contributed by atoms with Crippen molar-refractivity contribution in [3.63, 3.8) is 0 Å². The quantitative estimate of drug-likeness (QED) is 0.767. The Balaban J connectivity index is 2.34. The second-order valence-corrected chi connectivity index (χ2v) is 3.66. The van der Waals surface area contributed by atoms with Crippen molar-refractivity contribution in [2.45, 2.75) is 39.5 Å². The molecule has 4 nitrogen and oxygen atoms in total. The number of nitrogens with zero attached hydrogens (tertiary/aromatic N) is 2. The van der Waals surface area contributed by atoms with E-state index in [0.29, 0.717) is 13.2 Å². The van der Waals surface area contributed by atoms with Gasteiger partial charge < -0.3 is 14.4 Å². The molecule has 0 aromatic carbocycles. The van der Waals surface area contributed by atoms with E-state index in [1.165, 1.54) is 0 Å². The second kappa shape index (κ2) is 5.12. The summed E-state index contributed by atoms with van der Waals surface area (Å²) in [6.07, 6.45) is 3.28. The molecule has 0 radical (unpaired) electrons. The number of aryl methyl sites for hydroxylation is 1. The van der Waals surface area contributed by atoms with Gasteiger partial charge in [-0.3, -0.25) is 0 Å². The summed E-state index contributed by atoms with van der Waals surface area (Å²) in [5.41, 5.74) is 0. The summed E-state index contributed by atoms with van der Waals surface area (Å²) in [6.45, 7) is 6.73. The number of rotatable bonds is 5. The van der Waals surface area contributed by atoms with E-state index in [1.807, 2.05) is 31.5 Å². The van der Waals surface area contributed by atoms with E-state index in [2.05, 4.69) is 4.98 Å². The lowest BCUT2D eigenvalue weighted by atomic mass is 10.3. The molecule has 0 saturated carbocycles. The van der Waals surface area contributed by atoms with Crippen molar-refractivity contribution < 1.29 is 9.84 Å². The maximum atomic E-state index is 9.62. The molecule has 0 saturated heterocycles. The van der Waals surface area contributed by atoms with Gasteiger partial charge in [-0.1, -0.05) is 0 Å². The number of aliphatic hydroxyl groups excluding tert-OH is 1. The van der Waals surface area contributed by atoms with Crippen molar-refractivity contribution in [3.8, 4) is 0 Å². The molecule has 1 aromatic heterocycles. The van der Waals surface area contributed by atoms with Crippen LogP contribution in [0.1, 0.15) is 19.7 Å².